The summed E-state index contributed by atoms with van der Waals surface area (Å²) in [6.45, 7) is 4.75. The number of hydrogen-bond donors (Lipinski definition) is 2. The lowest BCUT2D eigenvalue weighted by Crippen LogP contribution is -2.42. The molecule has 2 N–H and O–H groups in total. The van der Waals surface area contributed by atoms with Gasteiger partial charge in [-0.25, -0.2) is 0 Å². The molecule has 2 rings (SSSR count). The maximum atomic E-state index is 12.1. The van der Waals surface area contributed by atoms with Crippen LogP contribution >= 0.6 is 15.9 Å². The number of halogens is 1. The Morgan fingerprint density at radius 1 is 1.12 bits per heavy atom. The van der Waals surface area contributed by atoms with Crippen LogP contribution in [0, 0.1) is 0 Å². The van der Waals surface area contributed by atoms with Crippen LogP contribution in [0.1, 0.15) is 29.8 Å². The number of rotatable bonds is 7. The summed E-state index contributed by atoms with van der Waals surface area (Å²) in [4.78, 5) is 27.9. The van der Waals surface area contributed by atoms with Crippen LogP contribution in [0.2, 0.25) is 0 Å². The SMILES string of the molecule is CCOc1cc(Br)c(CC(=O)NNC(=O)c2cccnc2)cc1OCC. The monoisotopic (exact) mass is 421 g/mol. The predicted molar refractivity (Wildman–Crippen MR) is 100 cm³/mol. The molecule has 0 spiro atoms. The highest BCUT2D eigenvalue weighted by Gasteiger charge is 2.14. The van der Waals surface area contributed by atoms with Gasteiger partial charge in [0.1, 0.15) is 0 Å². The highest BCUT2D eigenvalue weighted by Crippen LogP contribution is 2.34. The Morgan fingerprint density at radius 3 is 2.42 bits per heavy atom. The van der Waals surface area contributed by atoms with Crippen LogP contribution in [0.3, 0.4) is 0 Å². The maximum Gasteiger partial charge on any atom is 0.271 e. The first-order valence-corrected chi connectivity index (χ1v) is 8.91. The highest BCUT2D eigenvalue weighted by molar-refractivity contribution is 9.10. The van der Waals surface area contributed by atoms with Gasteiger partial charge in [-0.3, -0.25) is 25.4 Å². The van der Waals surface area contributed by atoms with Gasteiger partial charge in [-0.2, -0.15) is 0 Å². The smallest absolute Gasteiger partial charge is 0.271 e. The molecule has 0 unspecified atom stereocenters. The summed E-state index contributed by atoms with van der Waals surface area (Å²) < 4.78 is 11.8. The molecule has 2 aromatic rings. The van der Waals surface area contributed by atoms with E-state index in [9.17, 15) is 9.59 Å². The molecule has 1 aromatic carbocycles. The second kappa shape index (κ2) is 9.76. The lowest BCUT2D eigenvalue weighted by molar-refractivity contribution is -0.121. The van der Waals surface area contributed by atoms with Crippen molar-refractivity contribution in [2.24, 2.45) is 0 Å². The van der Waals surface area contributed by atoms with Gasteiger partial charge in [-0.1, -0.05) is 15.9 Å². The third-order valence-corrected chi connectivity index (χ3v) is 4.04. The van der Waals surface area contributed by atoms with E-state index in [0.29, 0.717) is 35.8 Å². The molecule has 2 amide bonds. The second-order valence-corrected chi connectivity index (χ2v) is 6.03. The fourth-order valence-corrected chi connectivity index (χ4v) is 2.62. The van der Waals surface area contributed by atoms with E-state index in [1.165, 1.54) is 6.20 Å². The van der Waals surface area contributed by atoms with Gasteiger partial charge in [0.15, 0.2) is 11.5 Å². The van der Waals surface area contributed by atoms with Crippen molar-refractivity contribution in [3.63, 3.8) is 0 Å². The Bertz CT molecular complexity index is 769. The van der Waals surface area contributed by atoms with Crippen molar-refractivity contribution >= 4 is 27.7 Å². The quantitative estimate of drug-likeness (QED) is 0.670. The van der Waals surface area contributed by atoms with Gasteiger partial charge >= 0.3 is 0 Å². The Labute approximate surface area is 160 Å². The van der Waals surface area contributed by atoms with E-state index in [0.717, 1.165) is 4.47 Å². The van der Waals surface area contributed by atoms with Crippen molar-refractivity contribution in [2.45, 2.75) is 20.3 Å². The number of ether oxygens (including phenoxy) is 2. The van der Waals surface area contributed by atoms with Gasteiger partial charge in [0, 0.05) is 16.9 Å². The Hall–Kier alpha value is -2.61. The molecule has 0 saturated carbocycles. The minimum absolute atomic E-state index is 0.0559. The van der Waals surface area contributed by atoms with Crippen LogP contribution in [-0.4, -0.2) is 30.0 Å². The number of carbonyl (C=O) groups is 2. The van der Waals surface area contributed by atoms with Crippen molar-refractivity contribution in [3.8, 4) is 11.5 Å². The molecule has 1 aromatic heterocycles. The van der Waals surface area contributed by atoms with E-state index in [4.69, 9.17) is 9.47 Å². The van der Waals surface area contributed by atoms with Crippen molar-refractivity contribution in [3.05, 3.63) is 52.3 Å². The minimum Gasteiger partial charge on any atom is -0.490 e. The van der Waals surface area contributed by atoms with E-state index in [2.05, 4.69) is 31.8 Å². The predicted octanol–water partition coefficient (Wildman–Crippen LogP) is 2.65. The fourth-order valence-electron chi connectivity index (χ4n) is 2.16. The molecule has 0 fully saturated rings. The maximum absolute atomic E-state index is 12.1. The summed E-state index contributed by atoms with van der Waals surface area (Å²) in [6, 6.07) is 6.77. The van der Waals surface area contributed by atoms with Crippen LogP contribution in [0.5, 0.6) is 11.5 Å². The van der Waals surface area contributed by atoms with Crippen LogP contribution in [0.25, 0.3) is 0 Å². The minimum atomic E-state index is -0.438. The van der Waals surface area contributed by atoms with E-state index >= 15 is 0 Å². The number of pyridine rings is 1. The Morgan fingerprint density at radius 2 is 1.81 bits per heavy atom. The van der Waals surface area contributed by atoms with Gasteiger partial charge in [-0.05, 0) is 43.7 Å². The molecule has 0 aliphatic rings. The standard InChI is InChI=1S/C18H20BrN3O4/c1-3-25-15-8-13(14(19)10-16(15)26-4-2)9-17(23)21-22-18(24)12-6-5-7-20-11-12/h5-8,10-11H,3-4,9H2,1-2H3,(H,21,23)(H,22,24). The van der Waals surface area contributed by atoms with Gasteiger partial charge in [-0.15, -0.1) is 0 Å². The van der Waals surface area contributed by atoms with Gasteiger partial charge in [0.2, 0.25) is 5.91 Å². The van der Waals surface area contributed by atoms with E-state index in [1.54, 1.807) is 30.5 Å². The highest BCUT2D eigenvalue weighted by atomic mass is 79.9. The molecule has 0 radical (unpaired) electrons. The molecule has 0 aliphatic heterocycles. The van der Waals surface area contributed by atoms with Crippen molar-refractivity contribution in [2.75, 3.05) is 13.2 Å². The third kappa shape index (κ3) is 5.45. The Kier molecular flexibility index (Phi) is 7.40. The summed E-state index contributed by atoms with van der Waals surface area (Å²) >= 11 is 3.44. The zero-order chi connectivity index (χ0) is 18.9. The number of amides is 2. The van der Waals surface area contributed by atoms with Crippen molar-refractivity contribution in [1.29, 1.82) is 0 Å². The van der Waals surface area contributed by atoms with Crippen LogP contribution in [-0.2, 0) is 11.2 Å². The normalized spacial score (nSPS) is 10.1. The van der Waals surface area contributed by atoms with Crippen LogP contribution < -0.4 is 20.3 Å². The molecule has 138 valence electrons. The van der Waals surface area contributed by atoms with Crippen LogP contribution in [0.4, 0.5) is 0 Å². The first-order chi connectivity index (χ1) is 12.5. The van der Waals surface area contributed by atoms with Crippen LogP contribution in [0.15, 0.2) is 41.1 Å². The zero-order valence-electron chi connectivity index (χ0n) is 14.5. The van der Waals surface area contributed by atoms with E-state index < -0.39 is 5.91 Å². The molecule has 8 heteroatoms. The molecule has 0 aliphatic carbocycles. The van der Waals surface area contributed by atoms with Gasteiger partial charge in [0.05, 0.1) is 25.2 Å². The number of hydrogen-bond acceptors (Lipinski definition) is 5. The lowest BCUT2D eigenvalue weighted by Gasteiger charge is -2.14. The fraction of sp³-hybridized carbons (Fsp3) is 0.278. The summed E-state index contributed by atoms with van der Waals surface area (Å²) in [7, 11) is 0. The van der Waals surface area contributed by atoms with Crippen molar-refractivity contribution < 1.29 is 19.1 Å². The molecular formula is C18H20BrN3O4. The average Bonchev–Trinajstić information content (AvgIpc) is 2.64. The number of hydrazine groups is 1. The molecule has 26 heavy (non-hydrogen) atoms. The topological polar surface area (TPSA) is 89.6 Å². The summed E-state index contributed by atoms with van der Waals surface area (Å²) in [5, 5.41) is 0. The average molecular weight is 422 g/mol. The van der Waals surface area contributed by atoms with Gasteiger partial charge < -0.3 is 9.47 Å². The summed E-state index contributed by atoms with van der Waals surface area (Å²) in [6.07, 6.45) is 3.04. The van der Waals surface area contributed by atoms with Crippen molar-refractivity contribution in [1.82, 2.24) is 15.8 Å². The summed E-state index contributed by atoms with van der Waals surface area (Å²) in [5.41, 5.74) is 5.82. The third-order valence-electron chi connectivity index (χ3n) is 3.30. The zero-order valence-corrected chi connectivity index (χ0v) is 16.1. The molecule has 0 bridgehead atoms. The summed E-state index contributed by atoms with van der Waals surface area (Å²) in [5.74, 6) is 0.372. The number of nitrogens with one attached hydrogen (secondary N) is 2. The molecule has 7 nitrogen and oxygen atoms in total. The van der Waals surface area contributed by atoms with E-state index in [1.807, 2.05) is 13.8 Å². The largest absolute Gasteiger partial charge is 0.490 e. The van der Waals surface area contributed by atoms with Gasteiger partial charge in [0.25, 0.3) is 5.91 Å². The number of nitrogens with zero attached hydrogens (tertiary/aromatic N) is 1. The first kappa shape index (κ1) is 19.7. The lowest BCUT2D eigenvalue weighted by atomic mass is 10.1. The first-order valence-electron chi connectivity index (χ1n) is 8.12. The molecule has 1 heterocycles. The number of benzene rings is 1. The molecule has 0 atom stereocenters. The number of carbonyl (C=O) groups excluding carboxylic acids is 2. The van der Waals surface area contributed by atoms with E-state index in [-0.39, 0.29) is 12.3 Å². The second-order valence-electron chi connectivity index (χ2n) is 5.18. The number of aromatic nitrogens is 1. The Balaban J connectivity index is 2.01. The molecular weight excluding hydrogens is 402 g/mol. The molecule has 0 saturated heterocycles.